The second kappa shape index (κ2) is 5.15. The third-order valence-corrected chi connectivity index (χ3v) is 3.39. The van der Waals surface area contributed by atoms with E-state index in [2.05, 4.69) is 9.97 Å². The first-order chi connectivity index (χ1) is 10.8. The van der Waals surface area contributed by atoms with E-state index in [-0.39, 0.29) is 22.3 Å². The van der Waals surface area contributed by atoms with Gasteiger partial charge in [-0.1, -0.05) is 0 Å². The zero-order valence-electron chi connectivity index (χ0n) is 11.7. The molecule has 0 unspecified atom stereocenters. The summed E-state index contributed by atoms with van der Waals surface area (Å²) in [4.78, 5) is 19.1. The van der Waals surface area contributed by atoms with Gasteiger partial charge in [0.2, 0.25) is 0 Å². The normalized spacial score (nSPS) is 11.9. The van der Waals surface area contributed by atoms with E-state index in [1.165, 1.54) is 23.9 Å². The molecule has 0 aliphatic carbocycles. The van der Waals surface area contributed by atoms with Gasteiger partial charge in [0.05, 0.1) is 16.5 Å². The molecule has 23 heavy (non-hydrogen) atoms. The summed E-state index contributed by atoms with van der Waals surface area (Å²) in [6, 6.07) is 3.98. The van der Waals surface area contributed by atoms with E-state index in [9.17, 15) is 22.4 Å². The van der Waals surface area contributed by atoms with Crippen molar-refractivity contribution in [3.05, 3.63) is 58.5 Å². The lowest BCUT2D eigenvalue weighted by Crippen LogP contribution is -2.15. The van der Waals surface area contributed by atoms with Gasteiger partial charge in [0.1, 0.15) is 5.82 Å². The van der Waals surface area contributed by atoms with Crippen molar-refractivity contribution in [3.63, 3.8) is 0 Å². The van der Waals surface area contributed by atoms with Crippen molar-refractivity contribution in [3.8, 4) is 11.4 Å². The number of fused-ring (bicyclic) bond motifs is 1. The number of aryl methyl sites for hydroxylation is 1. The van der Waals surface area contributed by atoms with Crippen molar-refractivity contribution in [1.82, 2.24) is 14.5 Å². The zero-order chi connectivity index (χ0) is 16.8. The molecule has 0 N–H and O–H groups in total. The van der Waals surface area contributed by atoms with E-state index in [1.807, 2.05) is 0 Å². The van der Waals surface area contributed by atoms with Crippen LogP contribution >= 0.6 is 0 Å². The van der Waals surface area contributed by atoms with E-state index in [4.69, 9.17) is 0 Å². The highest BCUT2D eigenvalue weighted by atomic mass is 19.4. The molecule has 2 aromatic heterocycles. The van der Waals surface area contributed by atoms with Gasteiger partial charge in [-0.2, -0.15) is 13.2 Å². The number of pyridine rings is 1. The molecule has 0 saturated carbocycles. The van der Waals surface area contributed by atoms with Gasteiger partial charge in [0, 0.05) is 25.6 Å². The van der Waals surface area contributed by atoms with Gasteiger partial charge in [0.15, 0.2) is 5.82 Å². The van der Waals surface area contributed by atoms with Crippen molar-refractivity contribution in [2.24, 2.45) is 7.05 Å². The number of hydrogen-bond donors (Lipinski definition) is 0. The topological polar surface area (TPSA) is 47.8 Å². The summed E-state index contributed by atoms with van der Waals surface area (Å²) in [6.45, 7) is 0. The molecule has 3 rings (SSSR count). The van der Waals surface area contributed by atoms with Crippen LogP contribution in [0.2, 0.25) is 0 Å². The fourth-order valence-electron chi connectivity index (χ4n) is 2.15. The first-order valence-corrected chi connectivity index (χ1v) is 6.46. The van der Waals surface area contributed by atoms with Gasteiger partial charge in [-0.15, -0.1) is 0 Å². The number of aromatic nitrogens is 3. The van der Waals surface area contributed by atoms with Gasteiger partial charge in [0.25, 0.3) is 5.56 Å². The quantitative estimate of drug-likeness (QED) is 0.646. The fourth-order valence-corrected chi connectivity index (χ4v) is 2.15. The Bertz CT molecular complexity index is 946. The summed E-state index contributed by atoms with van der Waals surface area (Å²) in [5.41, 5.74) is -1.46. The third-order valence-electron chi connectivity index (χ3n) is 3.39. The smallest absolute Gasteiger partial charge is 0.318 e. The van der Waals surface area contributed by atoms with Crippen molar-refractivity contribution in [2.45, 2.75) is 6.18 Å². The van der Waals surface area contributed by atoms with Crippen molar-refractivity contribution < 1.29 is 17.6 Å². The molecule has 0 aliphatic rings. The molecule has 3 aromatic rings. The summed E-state index contributed by atoms with van der Waals surface area (Å²) in [5, 5.41) is 0.621. The maximum absolute atomic E-state index is 14.2. The van der Waals surface area contributed by atoms with Gasteiger partial charge in [-0.3, -0.25) is 4.79 Å². The van der Waals surface area contributed by atoms with Crippen LogP contribution in [0.5, 0.6) is 0 Å². The lowest BCUT2D eigenvalue weighted by atomic mass is 10.1. The molecule has 0 fully saturated rings. The number of hydrogen-bond acceptors (Lipinski definition) is 3. The van der Waals surface area contributed by atoms with Crippen LogP contribution < -0.4 is 5.56 Å². The van der Waals surface area contributed by atoms with E-state index in [0.717, 1.165) is 6.07 Å². The molecule has 0 bridgehead atoms. The Morgan fingerprint density at radius 1 is 1.13 bits per heavy atom. The molecule has 0 atom stereocenters. The number of nitrogens with zero attached hydrogens (tertiary/aromatic N) is 3. The zero-order valence-corrected chi connectivity index (χ0v) is 11.7. The second-order valence-corrected chi connectivity index (χ2v) is 4.94. The Kier molecular flexibility index (Phi) is 3.39. The van der Waals surface area contributed by atoms with E-state index >= 15 is 0 Å². The predicted octanol–water partition coefficient (Wildman–Crippen LogP) is 3.15. The van der Waals surface area contributed by atoms with Crippen LogP contribution in [0, 0.1) is 5.82 Å². The molecule has 4 nitrogen and oxygen atoms in total. The number of halogens is 4. The molecule has 0 saturated heterocycles. The number of alkyl halides is 3. The lowest BCUT2D eigenvalue weighted by Gasteiger charge is -2.08. The average molecular weight is 323 g/mol. The van der Waals surface area contributed by atoms with Crippen LogP contribution in [0.25, 0.3) is 22.2 Å². The molecule has 0 amide bonds. The molecule has 2 heterocycles. The van der Waals surface area contributed by atoms with Crippen LogP contribution in [-0.2, 0) is 13.2 Å². The second-order valence-electron chi connectivity index (χ2n) is 4.94. The lowest BCUT2D eigenvalue weighted by molar-refractivity contribution is -0.138. The summed E-state index contributed by atoms with van der Waals surface area (Å²) in [5.74, 6) is -0.960. The van der Waals surface area contributed by atoms with Gasteiger partial charge >= 0.3 is 6.18 Å². The molecule has 118 valence electrons. The van der Waals surface area contributed by atoms with Gasteiger partial charge in [-0.05, 0) is 23.6 Å². The highest BCUT2D eigenvalue weighted by Crippen LogP contribution is 2.29. The number of benzene rings is 1. The molecular weight excluding hydrogens is 314 g/mol. The Morgan fingerprint density at radius 3 is 2.39 bits per heavy atom. The maximum atomic E-state index is 14.2. The monoisotopic (exact) mass is 323 g/mol. The first-order valence-electron chi connectivity index (χ1n) is 6.46. The van der Waals surface area contributed by atoms with Crippen molar-refractivity contribution in [1.29, 1.82) is 0 Å². The molecule has 0 aliphatic heterocycles. The summed E-state index contributed by atoms with van der Waals surface area (Å²) >= 11 is 0. The Labute approximate surface area is 127 Å². The molecule has 0 radical (unpaired) electrons. The van der Waals surface area contributed by atoms with E-state index in [1.54, 1.807) is 6.07 Å². The molecule has 0 spiro atoms. The minimum atomic E-state index is -4.56. The molecule has 1 aromatic carbocycles. The Balaban J connectivity index is 2.15. The van der Waals surface area contributed by atoms with E-state index < -0.39 is 17.6 Å². The SMILES string of the molecule is Cn1ccc2cc(-c3ncc(C(F)(F)F)cn3)c(F)cc2c1=O. The third kappa shape index (κ3) is 2.67. The minimum Gasteiger partial charge on any atom is -0.318 e. The predicted molar refractivity (Wildman–Crippen MR) is 75.2 cm³/mol. The van der Waals surface area contributed by atoms with Crippen LogP contribution in [0.1, 0.15) is 5.56 Å². The minimum absolute atomic E-state index is 0.0699. The van der Waals surface area contributed by atoms with Crippen molar-refractivity contribution >= 4 is 10.8 Å². The van der Waals surface area contributed by atoms with Crippen LogP contribution in [0.15, 0.2) is 41.6 Å². The fraction of sp³-hybridized carbons (Fsp3) is 0.133. The highest BCUT2D eigenvalue weighted by Gasteiger charge is 2.31. The largest absolute Gasteiger partial charge is 0.419 e. The Hall–Kier alpha value is -2.77. The van der Waals surface area contributed by atoms with Crippen LogP contribution in [0.4, 0.5) is 17.6 Å². The Morgan fingerprint density at radius 2 is 1.78 bits per heavy atom. The number of rotatable bonds is 1. The van der Waals surface area contributed by atoms with Crippen LogP contribution in [0.3, 0.4) is 0 Å². The standard InChI is InChI=1S/C15H9F4N3O/c1-22-3-2-8-4-11(12(16)5-10(8)14(22)23)13-20-6-9(7-21-13)15(17,18)19/h2-7H,1H3. The molecule has 8 heteroatoms. The summed E-state index contributed by atoms with van der Waals surface area (Å²) in [7, 11) is 1.53. The highest BCUT2D eigenvalue weighted by molar-refractivity contribution is 5.85. The average Bonchev–Trinajstić information content (AvgIpc) is 2.50. The summed E-state index contributed by atoms with van der Waals surface area (Å²) in [6.07, 6.45) is -1.86. The summed E-state index contributed by atoms with van der Waals surface area (Å²) < 4.78 is 53.0. The van der Waals surface area contributed by atoms with Crippen LogP contribution in [-0.4, -0.2) is 14.5 Å². The molecular formula is C15H9F4N3O. The van der Waals surface area contributed by atoms with Gasteiger partial charge in [-0.25, -0.2) is 14.4 Å². The maximum Gasteiger partial charge on any atom is 0.419 e. The van der Waals surface area contributed by atoms with Crippen molar-refractivity contribution in [2.75, 3.05) is 0 Å². The first kappa shape index (κ1) is 15.1. The van der Waals surface area contributed by atoms with E-state index in [0.29, 0.717) is 17.8 Å². The van der Waals surface area contributed by atoms with Gasteiger partial charge < -0.3 is 4.57 Å².